The van der Waals surface area contributed by atoms with Gasteiger partial charge in [-0.2, -0.15) is 0 Å². The lowest BCUT2D eigenvalue weighted by molar-refractivity contribution is 0.0298. The molecule has 5 rings (SSSR count). The zero-order chi connectivity index (χ0) is 20.7. The third kappa shape index (κ3) is 3.40. The number of anilines is 2. The van der Waals surface area contributed by atoms with E-state index in [0.29, 0.717) is 41.4 Å². The molecule has 0 radical (unpaired) electrons. The molecule has 2 saturated heterocycles. The van der Waals surface area contributed by atoms with Crippen molar-refractivity contribution in [2.24, 2.45) is 0 Å². The van der Waals surface area contributed by atoms with Gasteiger partial charge in [-0.25, -0.2) is 18.7 Å². The number of methoxy groups -OCH3 is 1. The van der Waals surface area contributed by atoms with Crippen LogP contribution in [0.3, 0.4) is 0 Å². The van der Waals surface area contributed by atoms with Crippen molar-refractivity contribution in [3.05, 3.63) is 48.3 Å². The number of nitrogens with zero attached hydrogens (tertiary/aromatic N) is 2. The molecule has 0 bridgehead atoms. The zero-order valence-electron chi connectivity index (χ0n) is 16.1. The first-order valence-electron chi connectivity index (χ1n) is 9.57. The largest absolute Gasteiger partial charge is 0.493 e. The van der Waals surface area contributed by atoms with Gasteiger partial charge in [-0.1, -0.05) is 0 Å². The Bertz CT molecular complexity index is 1100. The number of halogens is 2. The van der Waals surface area contributed by atoms with Crippen LogP contribution in [-0.4, -0.2) is 48.6 Å². The maximum atomic E-state index is 14.1. The monoisotopic (exact) mass is 415 g/mol. The minimum Gasteiger partial charge on any atom is -0.493 e. The second-order valence-electron chi connectivity index (χ2n) is 7.14. The van der Waals surface area contributed by atoms with Gasteiger partial charge in [0.2, 0.25) is 0 Å². The van der Waals surface area contributed by atoms with Crippen molar-refractivity contribution >= 4 is 22.4 Å². The summed E-state index contributed by atoms with van der Waals surface area (Å²) in [6, 6.07) is 6.75. The molecule has 2 aromatic carbocycles. The number of ether oxygens (including phenoxy) is 4. The lowest BCUT2D eigenvalue weighted by Gasteiger charge is -2.20. The molecular weight excluding hydrogens is 396 g/mol. The summed E-state index contributed by atoms with van der Waals surface area (Å²) in [6.45, 7) is 1.10. The van der Waals surface area contributed by atoms with Gasteiger partial charge in [-0.05, 0) is 24.6 Å². The van der Waals surface area contributed by atoms with Gasteiger partial charge in [0.1, 0.15) is 29.9 Å². The molecule has 3 atom stereocenters. The topological polar surface area (TPSA) is 74.7 Å². The predicted molar refractivity (Wildman–Crippen MR) is 104 cm³/mol. The van der Waals surface area contributed by atoms with Gasteiger partial charge in [-0.15, -0.1) is 0 Å². The highest BCUT2D eigenvalue weighted by molar-refractivity contribution is 5.93. The maximum absolute atomic E-state index is 14.1. The standard InChI is InChI=1S/C21H19F2N3O4/c1-27-17-7-12-15(8-18(17)30-19-9-29-16-4-5-28-20(16)19)24-10-25-21(12)26-14-3-2-11(22)6-13(14)23/h2-3,6-8,10,16,19-20H,4-5,9H2,1H3,(H,24,25,26)/t16?,19-,20?/m1/s1. The summed E-state index contributed by atoms with van der Waals surface area (Å²) in [5, 5.41) is 3.49. The molecule has 0 aliphatic carbocycles. The van der Waals surface area contributed by atoms with Gasteiger partial charge in [0.05, 0.1) is 31.0 Å². The Labute approximate surface area is 170 Å². The summed E-state index contributed by atoms with van der Waals surface area (Å²) >= 11 is 0. The summed E-state index contributed by atoms with van der Waals surface area (Å²) in [6.07, 6.45) is 1.94. The lowest BCUT2D eigenvalue weighted by Crippen LogP contribution is -2.32. The smallest absolute Gasteiger partial charge is 0.164 e. The van der Waals surface area contributed by atoms with Gasteiger partial charge >= 0.3 is 0 Å². The Balaban J connectivity index is 1.48. The van der Waals surface area contributed by atoms with Gasteiger partial charge in [0, 0.05) is 24.1 Å². The summed E-state index contributed by atoms with van der Waals surface area (Å²) in [5.74, 6) is -0.0352. The Morgan fingerprint density at radius 1 is 1.10 bits per heavy atom. The van der Waals surface area contributed by atoms with Crippen LogP contribution in [0.5, 0.6) is 11.5 Å². The average Bonchev–Trinajstić information content (AvgIpc) is 3.35. The minimum absolute atomic E-state index is 0.0604. The zero-order valence-corrected chi connectivity index (χ0v) is 16.1. The molecule has 0 amide bonds. The molecular formula is C21H19F2N3O4. The van der Waals surface area contributed by atoms with Crippen LogP contribution < -0.4 is 14.8 Å². The highest BCUT2D eigenvalue weighted by Gasteiger charge is 2.43. The van der Waals surface area contributed by atoms with Crippen molar-refractivity contribution in [3.63, 3.8) is 0 Å². The number of nitrogens with one attached hydrogen (secondary N) is 1. The van der Waals surface area contributed by atoms with E-state index in [1.54, 1.807) is 12.1 Å². The lowest BCUT2D eigenvalue weighted by atomic mass is 10.1. The highest BCUT2D eigenvalue weighted by Crippen LogP contribution is 2.37. The first-order chi connectivity index (χ1) is 14.6. The minimum atomic E-state index is -0.721. The summed E-state index contributed by atoms with van der Waals surface area (Å²) in [7, 11) is 1.53. The Hall–Kier alpha value is -3.04. The van der Waals surface area contributed by atoms with Gasteiger partial charge < -0.3 is 24.3 Å². The van der Waals surface area contributed by atoms with Crippen LogP contribution in [0.15, 0.2) is 36.7 Å². The average molecular weight is 415 g/mol. The van der Waals surface area contributed by atoms with Crippen LogP contribution >= 0.6 is 0 Å². The van der Waals surface area contributed by atoms with Crippen LogP contribution in [0.1, 0.15) is 6.42 Å². The fraction of sp³-hybridized carbons (Fsp3) is 0.333. The second kappa shape index (κ2) is 7.66. The molecule has 2 fully saturated rings. The molecule has 0 saturated carbocycles. The normalized spacial score (nSPS) is 22.8. The van der Waals surface area contributed by atoms with E-state index < -0.39 is 11.6 Å². The first kappa shape index (κ1) is 19.0. The number of rotatable bonds is 5. The fourth-order valence-corrected chi connectivity index (χ4v) is 3.83. The molecule has 0 spiro atoms. The van der Waals surface area contributed by atoms with Crippen molar-refractivity contribution in [1.29, 1.82) is 0 Å². The van der Waals surface area contributed by atoms with Crippen LogP contribution in [0, 0.1) is 11.6 Å². The maximum Gasteiger partial charge on any atom is 0.164 e. The number of fused-ring (bicyclic) bond motifs is 2. The SMILES string of the molecule is COc1cc2c(Nc3ccc(F)cc3F)ncnc2cc1O[C@@H]1COC2CCOC21. The number of benzene rings is 2. The van der Waals surface area contributed by atoms with Crippen LogP contribution in [-0.2, 0) is 9.47 Å². The number of aromatic nitrogens is 2. The summed E-state index contributed by atoms with van der Waals surface area (Å²) in [5.41, 5.74) is 0.678. The Morgan fingerprint density at radius 2 is 2.00 bits per heavy atom. The van der Waals surface area contributed by atoms with E-state index in [4.69, 9.17) is 18.9 Å². The number of hydrogen-bond acceptors (Lipinski definition) is 7. The van der Waals surface area contributed by atoms with Crippen molar-refractivity contribution < 1.29 is 27.7 Å². The van der Waals surface area contributed by atoms with Crippen molar-refractivity contribution in [1.82, 2.24) is 9.97 Å². The van der Waals surface area contributed by atoms with Crippen LogP contribution in [0.4, 0.5) is 20.3 Å². The second-order valence-corrected chi connectivity index (χ2v) is 7.14. The van der Waals surface area contributed by atoms with E-state index in [9.17, 15) is 8.78 Å². The van der Waals surface area contributed by atoms with E-state index in [2.05, 4.69) is 15.3 Å². The molecule has 1 N–H and O–H groups in total. The van der Waals surface area contributed by atoms with Crippen molar-refractivity contribution in [2.75, 3.05) is 25.6 Å². The molecule has 3 aromatic rings. The van der Waals surface area contributed by atoms with Crippen molar-refractivity contribution in [3.8, 4) is 11.5 Å². The summed E-state index contributed by atoms with van der Waals surface area (Å²) < 4.78 is 50.4. The van der Waals surface area contributed by atoms with Crippen molar-refractivity contribution in [2.45, 2.75) is 24.7 Å². The van der Waals surface area contributed by atoms with Crippen LogP contribution in [0.2, 0.25) is 0 Å². The molecule has 2 aliphatic rings. The molecule has 2 unspecified atom stereocenters. The third-order valence-corrected chi connectivity index (χ3v) is 5.30. The quantitative estimate of drug-likeness (QED) is 0.683. The predicted octanol–water partition coefficient (Wildman–Crippen LogP) is 3.60. The molecule has 30 heavy (non-hydrogen) atoms. The highest BCUT2D eigenvalue weighted by atomic mass is 19.1. The van der Waals surface area contributed by atoms with E-state index in [-0.39, 0.29) is 24.0 Å². The van der Waals surface area contributed by atoms with E-state index in [1.807, 2.05) is 0 Å². The van der Waals surface area contributed by atoms with Gasteiger partial charge in [0.25, 0.3) is 0 Å². The Morgan fingerprint density at radius 3 is 2.83 bits per heavy atom. The third-order valence-electron chi connectivity index (χ3n) is 5.30. The Kier molecular flexibility index (Phi) is 4.84. The molecule has 9 heteroatoms. The fourth-order valence-electron chi connectivity index (χ4n) is 3.83. The molecule has 2 aliphatic heterocycles. The van der Waals surface area contributed by atoms with E-state index >= 15 is 0 Å². The molecule has 7 nitrogen and oxygen atoms in total. The molecule has 3 heterocycles. The molecule has 156 valence electrons. The van der Waals surface area contributed by atoms with Gasteiger partial charge in [0.15, 0.2) is 17.6 Å². The number of hydrogen-bond donors (Lipinski definition) is 1. The first-order valence-corrected chi connectivity index (χ1v) is 9.57. The summed E-state index contributed by atoms with van der Waals surface area (Å²) in [4.78, 5) is 8.49. The van der Waals surface area contributed by atoms with E-state index in [1.165, 1.54) is 25.6 Å². The van der Waals surface area contributed by atoms with Gasteiger partial charge in [-0.3, -0.25) is 0 Å². The molecule has 1 aromatic heterocycles. The van der Waals surface area contributed by atoms with Crippen LogP contribution in [0.25, 0.3) is 10.9 Å². The van der Waals surface area contributed by atoms with E-state index in [0.717, 1.165) is 12.5 Å².